The molecule has 0 aliphatic carbocycles. The molecule has 0 radical (unpaired) electrons. The predicted octanol–water partition coefficient (Wildman–Crippen LogP) is -0.959. The minimum absolute atomic E-state index is 0.0899. The zero-order valence-corrected chi connectivity index (χ0v) is 6.98. The zero-order chi connectivity index (χ0) is 9.72. The Bertz CT molecular complexity index is 157. The van der Waals surface area contributed by atoms with Crippen LogP contribution in [0.3, 0.4) is 0 Å². The standard InChI is InChI=1S/C7H12O5/c1-4(11-2)5(8)6(9)7(10)12-3/h5-6,8-9H,1H2,2-3H3. The fraction of sp³-hybridized carbons (Fsp3) is 0.571. The number of hydrogen-bond acceptors (Lipinski definition) is 5. The third-order valence-electron chi connectivity index (χ3n) is 1.33. The summed E-state index contributed by atoms with van der Waals surface area (Å²) in [5, 5.41) is 18.1. The lowest BCUT2D eigenvalue weighted by Crippen LogP contribution is -2.36. The molecule has 2 atom stereocenters. The maximum Gasteiger partial charge on any atom is 0.337 e. The van der Waals surface area contributed by atoms with E-state index in [-0.39, 0.29) is 5.76 Å². The molecule has 0 heterocycles. The van der Waals surface area contributed by atoms with Crippen LogP contribution in [0.4, 0.5) is 0 Å². The highest BCUT2D eigenvalue weighted by atomic mass is 16.5. The van der Waals surface area contributed by atoms with Gasteiger partial charge < -0.3 is 19.7 Å². The SMILES string of the molecule is C=C(OC)C(O)C(O)C(=O)OC. The second kappa shape index (κ2) is 4.74. The van der Waals surface area contributed by atoms with Crippen molar-refractivity contribution in [3.8, 4) is 0 Å². The number of esters is 1. The lowest BCUT2D eigenvalue weighted by molar-refractivity contribution is -0.156. The molecule has 0 bridgehead atoms. The van der Waals surface area contributed by atoms with Crippen LogP contribution in [0.15, 0.2) is 12.3 Å². The summed E-state index contributed by atoms with van der Waals surface area (Å²) >= 11 is 0. The Kier molecular flexibility index (Phi) is 4.31. The summed E-state index contributed by atoms with van der Waals surface area (Å²) in [6.45, 7) is 3.27. The van der Waals surface area contributed by atoms with Gasteiger partial charge >= 0.3 is 5.97 Å². The normalized spacial score (nSPS) is 14.7. The number of aliphatic hydroxyl groups is 2. The third-order valence-corrected chi connectivity index (χ3v) is 1.33. The van der Waals surface area contributed by atoms with E-state index in [0.717, 1.165) is 7.11 Å². The van der Waals surface area contributed by atoms with Gasteiger partial charge in [-0.1, -0.05) is 6.58 Å². The van der Waals surface area contributed by atoms with Crippen LogP contribution in [0.2, 0.25) is 0 Å². The fourth-order valence-electron chi connectivity index (χ4n) is 0.546. The monoisotopic (exact) mass is 176 g/mol. The second-order valence-corrected chi connectivity index (χ2v) is 2.08. The number of carbonyl (C=O) groups is 1. The Balaban J connectivity index is 4.18. The highest BCUT2D eigenvalue weighted by Crippen LogP contribution is 2.06. The van der Waals surface area contributed by atoms with E-state index in [4.69, 9.17) is 10.2 Å². The zero-order valence-electron chi connectivity index (χ0n) is 6.98. The van der Waals surface area contributed by atoms with Crippen molar-refractivity contribution >= 4 is 5.97 Å². The molecule has 0 saturated heterocycles. The molecule has 70 valence electrons. The maximum atomic E-state index is 10.6. The van der Waals surface area contributed by atoms with E-state index in [2.05, 4.69) is 16.1 Å². The Morgan fingerprint density at radius 3 is 2.08 bits per heavy atom. The van der Waals surface area contributed by atoms with Gasteiger partial charge in [-0.15, -0.1) is 0 Å². The molecule has 5 heteroatoms. The van der Waals surface area contributed by atoms with Crippen molar-refractivity contribution in [3.05, 3.63) is 12.3 Å². The molecule has 0 aliphatic rings. The maximum absolute atomic E-state index is 10.6. The molecule has 0 fully saturated rings. The molecule has 0 aromatic carbocycles. The molecule has 0 aromatic heterocycles. The summed E-state index contributed by atoms with van der Waals surface area (Å²) in [5.41, 5.74) is 0. The first-order valence-electron chi connectivity index (χ1n) is 3.21. The predicted molar refractivity (Wildman–Crippen MR) is 40.2 cm³/mol. The molecule has 0 aromatic rings. The van der Waals surface area contributed by atoms with Gasteiger partial charge in [0.1, 0.15) is 11.9 Å². The lowest BCUT2D eigenvalue weighted by Gasteiger charge is -2.16. The van der Waals surface area contributed by atoms with Crippen molar-refractivity contribution in [3.63, 3.8) is 0 Å². The smallest absolute Gasteiger partial charge is 0.337 e. The van der Waals surface area contributed by atoms with Crippen LogP contribution in [0.25, 0.3) is 0 Å². The largest absolute Gasteiger partial charge is 0.499 e. The Morgan fingerprint density at radius 1 is 1.25 bits per heavy atom. The first kappa shape index (κ1) is 10.9. The molecule has 0 aliphatic heterocycles. The van der Waals surface area contributed by atoms with E-state index >= 15 is 0 Å². The summed E-state index contributed by atoms with van der Waals surface area (Å²) in [6.07, 6.45) is -3.11. The fourth-order valence-corrected chi connectivity index (χ4v) is 0.546. The summed E-state index contributed by atoms with van der Waals surface area (Å²) in [7, 11) is 2.38. The topological polar surface area (TPSA) is 76.0 Å². The van der Waals surface area contributed by atoms with Crippen molar-refractivity contribution < 1.29 is 24.5 Å². The first-order chi connectivity index (χ1) is 5.54. The van der Waals surface area contributed by atoms with Gasteiger partial charge in [0.15, 0.2) is 6.10 Å². The summed E-state index contributed by atoms with van der Waals surface area (Å²) in [4.78, 5) is 10.6. The van der Waals surface area contributed by atoms with Crippen molar-refractivity contribution in [2.75, 3.05) is 14.2 Å². The average molecular weight is 176 g/mol. The molecule has 0 amide bonds. The molecule has 0 saturated carbocycles. The molecule has 5 nitrogen and oxygen atoms in total. The number of ether oxygens (including phenoxy) is 2. The Hall–Kier alpha value is -1.07. The van der Waals surface area contributed by atoms with Crippen LogP contribution in [0, 0.1) is 0 Å². The van der Waals surface area contributed by atoms with Crippen molar-refractivity contribution in [1.82, 2.24) is 0 Å². The van der Waals surface area contributed by atoms with E-state index in [1.165, 1.54) is 7.11 Å². The Labute approximate surface area is 70.2 Å². The van der Waals surface area contributed by atoms with Crippen LogP contribution < -0.4 is 0 Å². The van der Waals surface area contributed by atoms with Crippen LogP contribution in [0.1, 0.15) is 0 Å². The average Bonchev–Trinajstić information content (AvgIpc) is 2.12. The van der Waals surface area contributed by atoms with Gasteiger partial charge in [0.2, 0.25) is 0 Å². The van der Waals surface area contributed by atoms with E-state index in [9.17, 15) is 4.79 Å². The van der Waals surface area contributed by atoms with Crippen LogP contribution in [-0.2, 0) is 14.3 Å². The Morgan fingerprint density at radius 2 is 1.75 bits per heavy atom. The molecule has 0 spiro atoms. The number of carbonyl (C=O) groups excluding carboxylic acids is 1. The van der Waals surface area contributed by atoms with Gasteiger partial charge in [-0.05, 0) is 0 Å². The highest BCUT2D eigenvalue weighted by molar-refractivity contribution is 5.75. The lowest BCUT2D eigenvalue weighted by atomic mass is 10.2. The van der Waals surface area contributed by atoms with E-state index in [1.807, 2.05) is 0 Å². The molecule has 2 unspecified atom stereocenters. The number of methoxy groups -OCH3 is 2. The minimum Gasteiger partial charge on any atom is -0.499 e. The molecular weight excluding hydrogens is 164 g/mol. The summed E-state index contributed by atoms with van der Waals surface area (Å²) in [6, 6.07) is 0. The summed E-state index contributed by atoms with van der Waals surface area (Å²) < 4.78 is 8.70. The van der Waals surface area contributed by atoms with Crippen molar-refractivity contribution in [1.29, 1.82) is 0 Å². The highest BCUT2D eigenvalue weighted by Gasteiger charge is 2.27. The van der Waals surface area contributed by atoms with Gasteiger partial charge in [-0.3, -0.25) is 0 Å². The van der Waals surface area contributed by atoms with Gasteiger partial charge in [0.05, 0.1) is 14.2 Å². The van der Waals surface area contributed by atoms with E-state index < -0.39 is 18.2 Å². The van der Waals surface area contributed by atoms with Crippen LogP contribution in [-0.4, -0.2) is 42.6 Å². The van der Waals surface area contributed by atoms with Gasteiger partial charge in [0, 0.05) is 0 Å². The van der Waals surface area contributed by atoms with Crippen molar-refractivity contribution in [2.45, 2.75) is 12.2 Å². The second-order valence-electron chi connectivity index (χ2n) is 2.08. The number of rotatable bonds is 4. The first-order valence-corrected chi connectivity index (χ1v) is 3.21. The summed E-state index contributed by atoms with van der Waals surface area (Å²) in [5.74, 6) is -1.02. The van der Waals surface area contributed by atoms with Crippen LogP contribution >= 0.6 is 0 Å². The molecule has 2 N–H and O–H groups in total. The molecular formula is C7H12O5. The quantitative estimate of drug-likeness (QED) is 0.426. The van der Waals surface area contributed by atoms with Crippen molar-refractivity contribution in [2.24, 2.45) is 0 Å². The van der Waals surface area contributed by atoms with E-state index in [0.29, 0.717) is 0 Å². The van der Waals surface area contributed by atoms with E-state index in [1.54, 1.807) is 0 Å². The number of hydrogen-bond donors (Lipinski definition) is 2. The number of aliphatic hydroxyl groups excluding tert-OH is 2. The van der Waals surface area contributed by atoms with Gasteiger partial charge in [-0.2, -0.15) is 0 Å². The third kappa shape index (κ3) is 2.52. The minimum atomic E-state index is -1.65. The van der Waals surface area contributed by atoms with Crippen LogP contribution in [0.5, 0.6) is 0 Å². The van der Waals surface area contributed by atoms with Gasteiger partial charge in [0.25, 0.3) is 0 Å². The molecule has 0 rings (SSSR count). The molecule has 12 heavy (non-hydrogen) atoms. The van der Waals surface area contributed by atoms with Gasteiger partial charge in [-0.25, -0.2) is 4.79 Å².